The van der Waals surface area contributed by atoms with Crippen LogP contribution in [0.1, 0.15) is 0 Å². The third kappa shape index (κ3) is 3.45. The molecule has 0 aliphatic carbocycles. The number of nitrogens with two attached hydrogens (primary N) is 1. The van der Waals surface area contributed by atoms with Crippen LogP contribution in [0, 0.1) is 0 Å². The molecule has 0 amide bonds. The average molecular weight is 227 g/mol. The summed E-state index contributed by atoms with van der Waals surface area (Å²) in [6.45, 7) is 0.108. The fraction of sp³-hybridized carbons (Fsp3) is 0.300. The zero-order valence-corrected chi connectivity index (χ0v) is 9.16. The summed E-state index contributed by atoms with van der Waals surface area (Å²) in [5.74, 6) is -0.188. The van der Waals surface area contributed by atoms with Gasteiger partial charge in [-0.05, 0) is 18.2 Å². The van der Waals surface area contributed by atoms with Crippen LogP contribution in [0.5, 0.6) is 5.75 Å². The Morgan fingerprint density at radius 1 is 1.67 bits per heavy atom. The van der Waals surface area contributed by atoms with Crippen LogP contribution in [0.3, 0.4) is 0 Å². The first-order valence-corrected chi connectivity index (χ1v) is 5.29. The molecular weight excluding hydrogens is 214 g/mol. The lowest BCUT2D eigenvalue weighted by Crippen LogP contribution is -2.25. The maximum atomic E-state index is 10.8. The topological polar surface area (TPSA) is 72.5 Å². The van der Waals surface area contributed by atoms with Crippen molar-refractivity contribution in [3.05, 3.63) is 24.3 Å². The summed E-state index contributed by atoms with van der Waals surface area (Å²) >= 11 is 1.22. The molecule has 0 radical (unpaired) electrons. The molecule has 0 fully saturated rings. The van der Waals surface area contributed by atoms with Crippen LogP contribution < -0.4 is 10.5 Å². The van der Waals surface area contributed by atoms with E-state index in [-0.39, 0.29) is 6.54 Å². The highest BCUT2D eigenvalue weighted by Crippen LogP contribution is 2.26. The van der Waals surface area contributed by atoms with Crippen LogP contribution in [0.2, 0.25) is 0 Å². The molecule has 1 rings (SSSR count). The Balaban J connectivity index is 2.74. The summed E-state index contributed by atoms with van der Waals surface area (Å²) < 4.78 is 5.04. The van der Waals surface area contributed by atoms with Crippen molar-refractivity contribution in [1.82, 2.24) is 0 Å². The minimum absolute atomic E-state index is 0.108. The average Bonchev–Trinajstić information content (AvgIpc) is 2.25. The van der Waals surface area contributed by atoms with Gasteiger partial charge in [-0.3, -0.25) is 4.79 Å². The fourth-order valence-electron chi connectivity index (χ4n) is 1.04. The number of thioether (sulfide) groups is 1. The van der Waals surface area contributed by atoms with E-state index in [9.17, 15) is 4.79 Å². The Morgan fingerprint density at radius 2 is 2.40 bits per heavy atom. The maximum absolute atomic E-state index is 10.8. The second-order valence-corrected chi connectivity index (χ2v) is 4.14. The zero-order valence-electron chi connectivity index (χ0n) is 8.34. The molecule has 0 saturated heterocycles. The molecule has 82 valence electrons. The first-order chi connectivity index (χ1) is 7.17. The van der Waals surface area contributed by atoms with Gasteiger partial charge in [-0.25, -0.2) is 0 Å². The molecule has 0 aliphatic heterocycles. The number of hydrogen-bond donors (Lipinski definition) is 2. The Morgan fingerprint density at radius 3 is 2.93 bits per heavy atom. The minimum atomic E-state index is -0.898. The van der Waals surface area contributed by atoms with Crippen molar-refractivity contribution in [1.29, 1.82) is 0 Å². The van der Waals surface area contributed by atoms with Crippen LogP contribution in [-0.2, 0) is 4.79 Å². The first-order valence-electron chi connectivity index (χ1n) is 4.41. The normalized spacial score (nSPS) is 12.1. The molecule has 5 heteroatoms. The van der Waals surface area contributed by atoms with Crippen molar-refractivity contribution in [2.45, 2.75) is 10.1 Å². The van der Waals surface area contributed by atoms with E-state index in [0.29, 0.717) is 5.75 Å². The quantitative estimate of drug-likeness (QED) is 0.739. The van der Waals surface area contributed by atoms with Crippen LogP contribution in [0.15, 0.2) is 29.2 Å². The van der Waals surface area contributed by atoms with Crippen molar-refractivity contribution in [2.24, 2.45) is 5.73 Å². The summed E-state index contributed by atoms with van der Waals surface area (Å²) in [5.41, 5.74) is 5.36. The molecule has 0 aliphatic rings. The highest BCUT2D eigenvalue weighted by Gasteiger charge is 2.16. The van der Waals surface area contributed by atoms with Gasteiger partial charge in [0, 0.05) is 11.4 Å². The molecule has 1 aromatic carbocycles. The Kier molecular flexibility index (Phi) is 4.45. The summed E-state index contributed by atoms with van der Waals surface area (Å²) in [6.07, 6.45) is 0. The number of rotatable bonds is 5. The largest absolute Gasteiger partial charge is 0.497 e. The molecule has 0 heterocycles. The van der Waals surface area contributed by atoms with Crippen LogP contribution in [-0.4, -0.2) is 30.0 Å². The molecule has 4 nitrogen and oxygen atoms in total. The van der Waals surface area contributed by atoms with Crippen LogP contribution in [0.25, 0.3) is 0 Å². The molecule has 3 N–H and O–H groups in total. The van der Waals surface area contributed by atoms with Gasteiger partial charge in [0.05, 0.1) is 7.11 Å². The van der Waals surface area contributed by atoms with Crippen molar-refractivity contribution in [3.8, 4) is 5.75 Å². The molecule has 0 spiro atoms. The van der Waals surface area contributed by atoms with Crippen molar-refractivity contribution in [3.63, 3.8) is 0 Å². The van der Waals surface area contributed by atoms with E-state index < -0.39 is 11.2 Å². The van der Waals surface area contributed by atoms with Gasteiger partial charge in [0.25, 0.3) is 0 Å². The summed E-state index contributed by atoms with van der Waals surface area (Å²) in [5, 5.41) is 8.22. The number of carbonyl (C=O) groups is 1. The molecule has 15 heavy (non-hydrogen) atoms. The van der Waals surface area contributed by atoms with Gasteiger partial charge in [0.2, 0.25) is 0 Å². The lowest BCUT2D eigenvalue weighted by molar-refractivity contribution is -0.136. The maximum Gasteiger partial charge on any atom is 0.318 e. The Bertz CT molecular complexity index is 343. The summed E-state index contributed by atoms with van der Waals surface area (Å²) in [4.78, 5) is 11.6. The second-order valence-electron chi connectivity index (χ2n) is 2.86. The van der Waals surface area contributed by atoms with E-state index in [2.05, 4.69) is 0 Å². The SMILES string of the molecule is COc1cccc(SC(CN)C(=O)O)c1. The summed E-state index contributed by atoms with van der Waals surface area (Å²) in [7, 11) is 1.57. The van der Waals surface area contributed by atoms with E-state index in [1.54, 1.807) is 13.2 Å². The van der Waals surface area contributed by atoms with Gasteiger partial charge in [0.1, 0.15) is 11.0 Å². The number of ether oxygens (including phenoxy) is 1. The standard InChI is InChI=1S/C10H13NO3S/c1-14-7-3-2-4-8(5-7)15-9(6-11)10(12)13/h2-5,9H,6,11H2,1H3,(H,12,13). The Hall–Kier alpha value is -1.20. The van der Waals surface area contributed by atoms with Crippen LogP contribution >= 0.6 is 11.8 Å². The van der Waals surface area contributed by atoms with Gasteiger partial charge in [0.15, 0.2) is 0 Å². The zero-order chi connectivity index (χ0) is 11.3. The molecule has 0 aromatic heterocycles. The monoisotopic (exact) mass is 227 g/mol. The lowest BCUT2D eigenvalue weighted by Gasteiger charge is -2.09. The third-order valence-corrected chi connectivity index (χ3v) is 3.01. The van der Waals surface area contributed by atoms with E-state index in [0.717, 1.165) is 4.90 Å². The smallest absolute Gasteiger partial charge is 0.318 e. The highest BCUT2D eigenvalue weighted by molar-refractivity contribution is 8.00. The number of aliphatic carboxylic acids is 1. The number of carboxylic acids is 1. The molecule has 0 saturated carbocycles. The van der Waals surface area contributed by atoms with E-state index in [4.69, 9.17) is 15.6 Å². The van der Waals surface area contributed by atoms with Crippen molar-refractivity contribution in [2.75, 3.05) is 13.7 Å². The van der Waals surface area contributed by atoms with E-state index in [1.165, 1.54) is 11.8 Å². The number of methoxy groups -OCH3 is 1. The van der Waals surface area contributed by atoms with Crippen molar-refractivity contribution >= 4 is 17.7 Å². The van der Waals surface area contributed by atoms with Gasteiger partial charge in [-0.2, -0.15) is 0 Å². The molecule has 1 atom stereocenters. The van der Waals surface area contributed by atoms with Crippen LogP contribution in [0.4, 0.5) is 0 Å². The highest BCUT2D eigenvalue weighted by atomic mass is 32.2. The molecule has 0 bridgehead atoms. The minimum Gasteiger partial charge on any atom is -0.497 e. The lowest BCUT2D eigenvalue weighted by atomic mass is 10.3. The van der Waals surface area contributed by atoms with E-state index >= 15 is 0 Å². The number of carboxylic acid groups (broad SMARTS) is 1. The number of hydrogen-bond acceptors (Lipinski definition) is 4. The van der Waals surface area contributed by atoms with Crippen molar-refractivity contribution < 1.29 is 14.6 Å². The van der Waals surface area contributed by atoms with Gasteiger partial charge in [-0.1, -0.05) is 6.07 Å². The molecule has 1 aromatic rings. The van der Waals surface area contributed by atoms with Gasteiger partial charge >= 0.3 is 5.97 Å². The molecular formula is C10H13NO3S. The molecule has 1 unspecified atom stereocenters. The van der Waals surface area contributed by atoms with Gasteiger partial charge < -0.3 is 15.6 Å². The fourth-order valence-corrected chi connectivity index (χ4v) is 1.91. The second kappa shape index (κ2) is 5.63. The predicted octanol–water partition coefficient (Wildman–Crippen LogP) is 1.20. The third-order valence-electron chi connectivity index (χ3n) is 1.81. The summed E-state index contributed by atoms with van der Waals surface area (Å²) in [6, 6.07) is 7.24. The number of benzene rings is 1. The predicted molar refractivity (Wildman–Crippen MR) is 59.3 cm³/mol. The van der Waals surface area contributed by atoms with Gasteiger partial charge in [-0.15, -0.1) is 11.8 Å². The Labute approximate surface area is 92.4 Å². The first kappa shape index (κ1) is 11.9. The van der Waals surface area contributed by atoms with E-state index in [1.807, 2.05) is 18.2 Å².